The number of methoxy groups -OCH3 is 1. The Balaban J connectivity index is 1.39. The number of fused-ring (bicyclic) bond motifs is 2. The van der Waals surface area contributed by atoms with Gasteiger partial charge in [0, 0.05) is 56.7 Å². The zero-order valence-electron chi connectivity index (χ0n) is 21.0. The van der Waals surface area contributed by atoms with Crippen molar-refractivity contribution in [3.63, 3.8) is 0 Å². The summed E-state index contributed by atoms with van der Waals surface area (Å²) in [6.45, 7) is 1.83. The minimum Gasteiger partial charge on any atom is -0.379 e. The molecule has 0 radical (unpaired) electrons. The average Bonchev–Trinajstić information content (AvgIpc) is 3.65. The molecule has 1 saturated carbocycles. The zero-order valence-corrected chi connectivity index (χ0v) is 21.0. The topological polar surface area (TPSA) is 119 Å². The van der Waals surface area contributed by atoms with E-state index in [0.29, 0.717) is 22.7 Å². The first-order valence-electron chi connectivity index (χ1n) is 12.7. The lowest BCUT2D eigenvalue weighted by Gasteiger charge is -2.35. The molecular formula is C26H30N8O3. The highest BCUT2D eigenvalue weighted by molar-refractivity contribution is 6.01. The zero-order chi connectivity index (χ0) is 25.5. The number of nitrogens with zero attached hydrogens (tertiary/aromatic N) is 6. The molecule has 2 aliphatic rings. The smallest absolute Gasteiger partial charge is 0.257 e. The fraction of sp³-hybridized carbons (Fsp3) is 0.423. The predicted octanol–water partition coefficient (Wildman–Crippen LogP) is 2.32. The maximum absolute atomic E-state index is 13.2. The average molecular weight is 503 g/mol. The largest absolute Gasteiger partial charge is 0.379 e. The molecule has 2 fully saturated rings. The lowest BCUT2D eigenvalue weighted by molar-refractivity contribution is -0.130. The molecule has 5 heterocycles. The van der Waals surface area contributed by atoms with E-state index in [1.165, 1.54) is 0 Å². The van der Waals surface area contributed by atoms with Gasteiger partial charge in [-0.15, -0.1) is 0 Å². The Morgan fingerprint density at radius 3 is 2.76 bits per heavy atom. The molecule has 37 heavy (non-hydrogen) atoms. The van der Waals surface area contributed by atoms with E-state index in [1.807, 2.05) is 33.9 Å². The Kier molecular flexibility index (Phi) is 5.99. The summed E-state index contributed by atoms with van der Waals surface area (Å²) in [5, 5.41) is 11.5. The third-order valence-corrected chi connectivity index (χ3v) is 7.48. The van der Waals surface area contributed by atoms with Crippen molar-refractivity contribution in [2.75, 3.05) is 32.6 Å². The van der Waals surface area contributed by atoms with Crippen LogP contribution in [0, 0.1) is 0 Å². The Labute approximate surface area is 213 Å². The molecule has 2 atom stereocenters. The molecule has 4 aromatic rings. The summed E-state index contributed by atoms with van der Waals surface area (Å²) in [6.07, 6.45) is 9.14. The van der Waals surface area contributed by atoms with Gasteiger partial charge in [-0.1, -0.05) is 0 Å². The van der Waals surface area contributed by atoms with Gasteiger partial charge in [0.2, 0.25) is 5.91 Å². The van der Waals surface area contributed by atoms with E-state index in [0.717, 1.165) is 55.4 Å². The summed E-state index contributed by atoms with van der Waals surface area (Å²) >= 11 is 0. The maximum atomic E-state index is 13.2. The summed E-state index contributed by atoms with van der Waals surface area (Å²) in [7, 11) is 3.46. The molecule has 1 saturated heterocycles. The molecular weight excluding hydrogens is 472 g/mol. The monoisotopic (exact) mass is 502 g/mol. The lowest BCUT2D eigenvalue weighted by Crippen LogP contribution is -2.51. The van der Waals surface area contributed by atoms with Crippen LogP contribution in [-0.4, -0.2) is 80.3 Å². The van der Waals surface area contributed by atoms with Crippen LogP contribution in [0.5, 0.6) is 0 Å². The van der Waals surface area contributed by atoms with Gasteiger partial charge in [0.25, 0.3) is 5.91 Å². The Bertz CT molecular complexity index is 1480. The number of carbonyl (C=O) groups is 2. The van der Waals surface area contributed by atoms with Gasteiger partial charge in [-0.2, -0.15) is 9.61 Å². The number of hydrogen-bond acceptors (Lipinski definition) is 7. The van der Waals surface area contributed by atoms with Crippen LogP contribution in [-0.2, 0) is 16.1 Å². The van der Waals surface area contributed by atoms with Crippen molar-refractivity contribution < 1.29 is 14.3 Å². The summed E-state index contributed by atoms with van der Waals surface area (Å²) < 4.78 is 8.94. The Morgan fingerprint density at radius 1 is 1.19 bits per heavy atom. The van der Waals surface area contributed by atoms with Crippen molar-refractivity contribution in [1.82, 2.24) is 34.4 Å². The number of likely N-dealkylation sites (tertiary alicyclic amines) is 1. The molecule has 1 aliphatic carbocycles. The molecule has 4 aromatic heterocycles. The second-order valence-corrected chi connectivity index (χ2v) is 9.63. The highest BCUT2D eigenvalue weighted by atomic mass is 16.5. The van der Waals surface area contributed by atoms with Crippen LogP contribution in [0.1, 0.15) is 36.0 Å². The van der Waals surface area contributed by atoms with Crippen LogP contribution in [0.15, 0.2) is 36.8 Å². The Morgan fingerprint density at radius 2 is 2.03 bits per heavy atom. The highest BCUT2D eigenvalue weighted by Crippen LogP contribution is 2.31. The molecule has 6 rings (SSSR count). The van der Waals surface area contributed by atoms with Crippen molar-refractivity contribution in [1.29, 1.82) is 0 Å². The second-order valence-electron chi connectivity index (χ2n) is 9.63. The lowest BCUT2D eigenvalue weighted by atomic mass is 9.89. The van der Waals surface area contributed by atoms with Gasteiger partial charge in [-0.3, -0.25) is 9.59 Å². The van der Waals surface area contributed by atoms with Crippen molar-refractivity contribution in [3.8, 4) is 11.3 Å². The number of anilines is 1. The number of ether oxygens (including phenoxy) is 1. The SMILES string of the molecule is CNc1cc(-c2cn(CC(=O)N3CCCC3)c3ncccc23)nc2c(C(=O)NC3CC[C@@H]3OC)cnn12. The Hall–Kier alpha value is -3.99. The van der Waals surface area contributed by atoms with Crippen molar-refractivity contribution in [3.05, 3.63) is 42.4 Å². The van der Waals surface area contributed by atoms with Gasteiger partial charge in [0.1, 0.15) is 23.6 Å². The molecule has 1 aliphatic heterocycles. The van der Waals surface area contributed by atoms with Crippen molar-refractivity contribution in [2.24, 2.45) is 0 Å². The van der Waals surface area contributed by atoms with E-state index in [4.69, 9.17) is 9.72 Å². The minimum atomic E-state index is -0.228. The number of amides is 2. The van der Waals surface area contributed by atoms with Gasteiger partial charge in [-0.25, -0.2) is 9.97 Å². The number of nitrogens with one attached hydrogen (secondary N) is 2. The minimum absolute atomic E-state index is 0.0170. The van der Waals surface area contributed by atoms with Crippen LogP contribution in [0.2, 0.25) is 0 Å². The van der Waals surface area contributed by atoms with Crippen molar-refractivity contribution >= 4 is 34.3 Å². The van der Waals surface area contributed by atoms with Crippen LogP contribution in [0.4, 0.5) is 5.82 Å². The number of pyridine rings is 1. The molecule has 11 heteroatoms. The normalized spacial score (nSPS) is 19.4. The maximum Gasteiger partial charge on any atom is 0.257 e. The number of carbonyl (C=O) groups excluding carboxylic acids is 2. The van der Waals surface area contributed by atoms with Gasteiger partial charge in [0.05, 0.1) is 24.0 Å². The van der Waals surface area contributed by atoms with Gasteiger partial charge < -0.3 is 24.8 Å². The van der Waals surface area contributed by atoms with E-state index < -0.39 is 0 Å². The predicted molar refractivity (Wildman–Crippen MR) is 138 cm³/mol. The standard InChI is InChI=1S/C26H30N8O3/c1-27-22-12-20(30-25-17(13-29-34(22)25)26(36)31-19-7-8-21(19)37-2)18-14-33(24-16(18)6-5-9-28-24)15-23(35)32-10-3-4-11-32/h5-6,9,12-14,19,21,27H,3-4,7-8,10-11,15H2,1-2H3,(H,31,36)/t19?,21-/m0/s1. The van der Waals surface area contributed by atoms with Crippen LogP contribution in [0.25, 0.3) is 27.9 Å². The number of hydrogen-bond donors (Lipinski definition) is 2. The fourth-order valence-corrected chi connectivity index (χ4v) is 5.26. The van der Waals surface area contributed by atoms with E-state index in [9.17, 15) is 9.59 Å². The summed E-state index contributed by atoms with van der Waals surface area (Å²) in [4.78, 5) is 37.4. The van der Waals surface area contributed by atoms with Gasteiger partial charge >= 0.3 is 0 Å². The summed E-state index contributed by atoms with van der Waals surface area (Å²) in [5.74, 6) is 0.551. The van der Waals surface area contributed by atoms with E-state index >= 15 is 0 Å². The third kappa shape index (κ3) is 4.08. The van der Waals surface area contributed by atoms with E-state index in [2.05, 4.69) is 20.7 Å². The molecule has 1 unspecified atom stereocenters. The second kappa shape index (κ2) is 9.47. The summed E-state index contributed by atoms with van der Waals surface area (Å²) in [6, 6.07) is 5.73. The first-order valence-corrected chi connectivity index (χ1v) is 12.7. The van der Waals surface area contributed by atoms with E-state index in [-0.39, 0.29) is 30.5 Å². The molecule has 0 aromatic carbocycles. The third-order valence-electron chi connectivity index (χ3n) is 7.48. The molecule has 0 bridgehead atoms. The van der Waals surface area contributed by atoms with Crippen LogP contribution < -0.4 is 10.6 Å². The molecule has 11 nitrogen and oxygen atoms in total. The quantitative estimate of drug-likeness (QED) is 0.398. The molecule has 192 valence electrons. The first-order chi connectivity index (χ1) is 18.1. The highest BCUT2D eigenvalue weighted by Gasteiger charge is 2.33. The van der Waals surface area contributed by atoms with E-state index in [1.54, 1.807) is 31.1 Å². The fourth-order valence-electron chi connectivity index (χ4n) is 5.26. The van der Waals surface area contributed by atoms with Crippen LogP contribution in [0.3, 0.4) is 0 Å². The summed E-state index contributed by atoms with van der Waals surface area (Å²) in [5.41, 5.74) is 3.06. The van der Waals surface area contributed by atoms with Gasteiger partial charge in [0.15, 0.2) is 5.65 Å². The molecule has 0 spiro atoms. The van der Waals surface area contributed by atoms with Crippen LogP contribution >= 0.6 is 0 Å². The molecule has 2 amide bonds. The van der Waals surface area contributed by atoms with Crippen molar-refractivity contribution in [2.45, 2.75) is 44.4 Å². The molecule has 2 N–H and O–H groups in total. The first kappa shape index (κ1) is 23.4. The number of aromatic nitrogens is 5. The van der Waals surface area contributed by atoms with Gasteiger partial charge in [-0.05, 0) is 37.8 Å². The number of rotatable bonds is 7.